The summed E-state index contributed by atoms with van der Waals surface area (Å²) in [6.07, 6.45) is 7.02. The minimum absolute atomic E-state index is 0.209. The molecule has 1 rings (SSSR count). The molecular weight excluding hydrogens is 304 g/mol. The highest BCUT2D eigenvalue weighted by Gasteiger charge is 2.48. The molecule has 0 amide bonds. The van der Waals surface area contributed by atoms with Crippen LogP contribution in [0.2, 0.25) is 0 Å². The molecule has 1 saturated carbocycles. The first-order chi connectivity index (χ1) is 11.1. The normalized spacial score (nSPS) is 25.0. The third-order valence-electron chi connectivity index (χ3n) is 5.25. The van der Waals surface area contributed by atoms with Gasteiger partial charge in [0.25, 0.3) is 0 Å². The average Bonchev–Trinajstić information content (AvgIpc) is 2.48. The van der Waals surface area contributed by atoms with Crippen molar-refractivity contribution in [2.75, 3.05) is 0 Å². The highest BCUT2D eigenvalue weighted by molar-refractivity contribution is 4.84. The van der Waals surface area contributed by atoms with Crippen LogP contribution in [-0.2, 0) is 19.6 Å². The summed E-state index contributed by atoms with van der Waals surface area (Å²) in [6.45, 7) is 17.0. The lowest BCUT2D eigenvalue weighted by Crippen LogP contribution is -2.50. The zero-order valence-corrected chi connectivity index (χ0v) is 17.2. The van der Waals surface area contributed by atoms with Gasteiger partial charge in [0.05, 0.1) is 11.2 Å². The monoisotopic (exact) mass is 344 g/mol. The first kappa shape index (κ1) is 21.9. The summed E-state index contributed by atoms with van der Waals surface area (Å²) in [6, 6.07) is 0. The third kappa shape index (κ3) is 6.29. The van der Waals surface area contributed by atoms with Crippen LogP contribution in [0.25, 0.3) is 0 Å². The summed E-state index contributed by atoms with van der Waals surface area (Å²) in [5, 5.41) is 0. The summed E-state index contributed by atoms with van der Waals surface area (Å²) in [5.41, 5.74) is -0.658. The molecule has 4 heteroatoms. The molecule has 1 aliphatic carbocycles. The molecule has 0 saturated heterocycles. The predicted octanol–water partition coefficient (Wildman–Crippen LogP) is 6.19. The Morgan fingerprint density at radius 1 is 0.875 bits per heavy atom. The summed E-state index contributed by atoms with van der Waals surface area (Å²) in [5.74, 6) is -0.108. The van der Waals surface area contributed by atoms with Crippen molar-refractivity contribution in [3.63, 3.8) is 0 Å². The standard InChI is InChI=1S/C20H40O4/c1-9-13-18(5,6)21-23-20(15-11-12-16(3)17(20)4)24-22-19(7,8)14-10-2/h16-17H,9-15H2,1-8H3. The molecule has 0 heterocycles. The summed E-state index contributed by atoms with van der Waals surface area (Å²) < 4.78 is 0. The van der Waals surface area contributed by atoms with Crippen LogP contribution < -0.4 is 0 Å². The molecule has 0 spiro atoms. The van der Waals surface area contributed by atoms with E-state index in [9.17, 15) is 0 Å². The van der Waals surface area contributed by atoms with Gasteiger partial charge < -0.3 is 0 Å². The zero-order chi connectivity index (χ0) is 18.4. The molecule has 0 bridgehead atoms. The van der Waals surface area contributed by atoms with Crippen LogP contribution in [0.5, 0.6) is 0 Å². The molecule has 0 N–H and O–H groups in total. The van der Waals surface area contributed by atoms with Gasteiger partial charge in [-0.3, -0.25) is 0 Å². The second-order valence-corrected chi connectivity index (χ2v) is 8.82. The highest BCUT2D eigenvalue weighted by Crippen LogP contribution is 2.43. The molecule has 24 heavy (non-hydrogen) atoms. The van der Waals surface area contributed by atoms with E-state index in [0.717, 1.165) is 38.5 Å². The maximum Gasteiger partial charge on any atom is 0.236 e. The number of hydrogen-bond acceptors (Lipinski definition) is 4. The van der Waals surface area contributed by atoms with E-state index in [0.29, 0.717) is 5.92 Å². The minimum Gasteiger partial charge on any atom is -0.228 e. The Kier molecular flexibility index (Phi) is 8.18. The van der Waals surface area contributed by atoms with E-state index in [-0.39, 0.29) is 17.1 Å². The molecule has 0 aliphatic heterocycles. The molecule has 0 radical (unpaired) electrons. The minimum atomic E-state index is -0.826. The maximum atomic E-state index is 6.00. The van der Waals surface area contributed by atoms with E-state index in [1.54, 1.807) is 0 Å². The highest BCUT2D eigenvalue weighted by atomic mass is 17.3. The molecule has 2 unspecified atom stereocenters. The molecule has 1 fully saturated rings. The van der Waals surface area contributed by atoms with Gasteiger partial charge in [0.15, 0.2) is 0 Å². The van der Waals surface area contributed by atoms with Gasteiger partial charge >= 0.3 is 0 Å². The predicted molar refractivity (Wildman–Crippen MR) is 97.2 cm³/mol. The summed E-state index contributed by atoms with van der Waals surface area (Å²) in [4.78, 5) is 23.7. The fourth-order valence-electron chi connectivity index (χ4n) is 3.48. The van der Waals surface area contributed by atoms with Gasteiger partial charge in [-0.05, 0) is 52.9 Å². The fraction of sp³-hybridized carbons (Fsp3) is 1.00. The van der Waals surface area contributed by atoms with Gasteiger partial charge in [-0.1, -0.05) is 47.0 Å². The first-order valence-electron chi connectivity index (χ1n) is 9.81. The van der Waals surface area contributed by atoms with E-state index >= 15 is 0 Å². The van der Waals surface area contributed by atoms with Crippen LogP contribution in [0.15, 0.2) is 0 Å². The van der Waals surface area contributed by atoms with Gasteiger partial charge in [-0.15, -0.1) is 0 Å². The smallest absolute Gasteiger partial charge is 0.228 e. The Morgan fingerprint density at radius 3 is 1.75 bits per heavy atom. The molecule has 4 nitrogen and oxygen atoms in total. The first-order valence-corrected chi connectivity index (χ1v) is 9.81. The van der Waals surface area contributed by atoms with Crippen LogP contribution in [0.1, 0.15) is 100 Å². The molecular formula is C20H40O4. The van der Waals surface area contributed by atoms with Gasteiger partial charge in [0.1, 0.15) is 0 Å². The Morgan fingerprint density at radius 2 is 1.33 bits per heavy atom. The second kappa shape index (κ2) is 8.98. The lowest BCUT2D eigenvalue weighted by atomic mass is 9.77. The summed E-state index contributed by atoms with van der Waals surface area (Å²) in [7, 11) is 0. The van der Waals surface area contributed by atoms with Gasteiger partial charge in [0, 0.05) is 12.3 Å². The lowest BCUT2D eigenvalue weighted by molar-refractivity contribution is -0.559. The van der Waals surface area contributed by atoms with Crippen LogP contribution in [0, 0.1) is 11.8 Å². The SMILES string of the molecule is CCCC(C)(C)OOC1(OOC(C)(C)CCC)CCCC(C)C1C. The van der Waals surface area contributed by atoms with Crippen LogP contribution in [0.3, 0.4) is 0 Å². The molecule has 0 aromatic carbocycles. The van der Waals surface area contributed by atoms with Crippen molar-refractivity contribution in [1.29, 1.82) is 0 Å². The number of hydrogen-bond donors (Lipinski definition) is 0. The Bertz CT molecular complexity index is 343. The van der Waals surface area contributed by atoms with Crippen molar-refractivity contribution in [3.05, 3.63) is 0 Å². The average molecular weight is 345 g/mol. The Hall–Kier alpha value is -0.160. The van der Waals surface area contributed by atoms with E-state index in [1.165, 1.54) is 6.42 Å². The van der Waals surface area contributed by atoms with Crippen molar-refractivity contribution in [2.45, 2.75) is 117 Å². The van der Waals surface area contributed by atoms with E-state index in [4.69, 9.17) is 19.6 Å². The molecule has 1 aliphatic rings. The molecule has 0 aromatic rings. The van der Waals surface area contributed by atoms with Crippen molar-refractivity contribution < 1.29 is 19.6 Å². The topological polar surface area (TPSA) is 36.9 Å². The van der Waals surface area contributed by atoms with Crippen molar-refractivity contribution in [3.8, 4) is 0 Å². The van der Waals surface area contributed by atoms with Crippen molar-refractivity contribution in [1.82, 2.24) is 0 Å². The Labute approximate surface area is 149 Å². The van der Waals surface area contributed by atoms with Crippen LogP contribution in [0.4, 0.5) is 0 Å². The van der Waals surface area contributed by atoms with E-state index in [2.05, 4.69) is 55.4 Å². The van der Waals surface area contributed by atoms with Gasteiger partial charge in [0.2, 0.25) is 5.79 Å². The van der Waals surface area contributed by atoms with E-state index in [1.807, 2.05) is 0 Å². The van der Waals surface area contributed by atoms with Gasteiger partial charge in [-0.2, -0.15) is 9.78 Å². The van der Waals surface area contributed by atoms with Gasteiger partial charge in [-0.25, -0.2) is 9.78 Å². The molecule has 144 valence electrons. The van der Waals surface area contributed by atoms with Crippen LogP contribution in [-0.4, -0.2) is 17.0 Å². The second-order valence-electron chi connectivity index (χ2n) is 8.82. The largest absolute Gasteiger partial charge is 0.236 e. The molecule has 2 atom stereocenters. The van der Waals surface area contributed by atoms with Crippen molar-refractivity contribution >= 4 is 0 Å². The quantitative estimate of drug-likeness (QED) is 0.269. The number of rotatable bonds is 10. The molecule has 0 aromatic heterocycles. The van der Waals surface area contributed by atoms with Crippen molar-refractivity contribution in [2.24, 2.45) is 11.8 Å². The van der Waals surface area contributed by atoms with E-state index < -0.39 is 5.79 Å². The Balaban J connectivity index is 2.84. The third-order valence-corrected chi connectivity index (χ3v) is 5.25. The lowest BCUT2D eigenvalue weighted by Gasteiger charge is -2.44. The van der Waals surface area contributed by atoms with Crippen LogP contribution >= 0.6 is 0 Å². The maximum absolute atomic E-state index is 6.00. The summed E-state index contributed by atoms with van der Waals surface area (Å²) >= 11 is 0. The zero-order valence-electron chi connectivity index (χ0n) is 17.2. The fourth-order valence-corrected chi connectivity index (χ4v) is 3.48.